The zero-order chi connectivity index (χ0) is 14.9. The molecule has 1 fully saturated rings. The predicted octanol–water partition coefficient (Wildman–Crippen LogP) is 3.89. The van der Waals surface area contributed by atoms with E-state index >= 15 is 0 Å². The van der Waals surface area contributed by atoms with Crippen LogP contribution in [0.25, 0.3) is 0 Å². The van der Waals surface area contributed by atoms with Gasteiger partial charge in [0, 0.05) is 12.1 Å². The first-order valence-corrected chi connectivity index (χ1v) is 8.40. The number of nitrogens with one attached hydrogen (secondary N) is 2. The van der Waals surface area contributed by atoms with Crippen LogP contribution in [-0.2, 0) is 0 Å². The molecule has 0 aliphatic carbocycles. The highest BCUT2D eigenvalue weighted by Crippen LogP contribution is 2.27. The maximum Gasteiger partial charge on any atom is 0.251 e. The summed E-state index contributed by atoms with van der Waals surface area (Å²) in [7, 11) is 0. The molecule has 1 aliphatic heterocycles. The predicted molar refractivity (Wildman–Crippen MR) is 95.0 cm³/mol. The third-order valence-corrected chi connectivity index (χ3v) is 4.30. The van der Waals surface area contributed by atoms with Gasteiger partial charge in [-0.25, -0.2) is 0 Å². The number of hydrogen-bond donors (Lipinski definition) is 2. The van der Waals surface area contributed by atoms with Gasteiger partial charge in [0.25, 0.3) is 5.91 Å². The van der Waals surface area contributed by atoms with Crippen molar-refractivity contribution in [1.29, 1.82) is 0 Å². The molecule has 1 saturated heterocycles. The molecule has 0 unspecified atom stereocenters. The van der Waals surface area contributed by atoms with Crippen LogP contribution in [0.15, 0.2) is 24.3 Å². The van der Waals surface area contributed by atoms with Gasteiger partial charge in [0.1, 0.15) is 0 Å². The Kier molecular flexibility index (Phi) is 9.17. The number of amides is 1. The molecule has 0 radical (unpaired) electrons. The summed E-state index contributed by atoms with van der Waals surface area (Å²) in [6.07, 6.45) is 7.01. The third kappa shape index (κ3) is 5.62. The Labute approximate surface area is 140 Å². The zero-order valence-corrected chi connectivity index (χ0v) is 14.4. The number of halogens is 1. The van der Waals surface area contributed by atoms with Gasteiger partial charge in [0.05, 0.1) is 0 Å². The second-order valence-corrected chi connectivity index (χ2v) is 5.93. The lowest BCUT2D eigenvalue weighted by atomic mass is 9.87. The summed E-state index contributed by atoms with van der Waals surface area (Å²) < 4.78 is 0. The number of piperidine rings is 1. The van der Waals surface area contributed by atoms with E-state index in [-0.39, 0.29) is 18.3 Å². The molecule has 22 heavy (non-hydrogen) atoms. The fourth-order valence-corrected chi connectivity index (χ4v) is 3.04. The maximum absolute atomic E-state index is 12.4. The Morgan fingerprint density at radius 2 is 1.91 bits per heavy atom. The maximum atomic E-state index is 12.4. The second kappa shape index (κ2) is 10.6. The third-order valence-electron chi connectivity index (χ3n) is 4.30. The number of rotatable bonds is 7. The molecule has 1 aromatic rings. The first kappa shape index (κ1) is 19.0. The van der Waals surface area contributed by atoms with Crippen LogP contribution in [0.3, 0.4) is 0 Å². The molecular weight excluding hydrogens is 296 g/mol. The summed E-state index contributed by atoms with van der Waals surface area (Å²) >= 11 is 0. The summed E-state index contributed by atoms with van der Waals surface area (Å²) in [5, 5.41) is 6.47. The van der Waals surface area contributed by atoms with E-state index in [1.54, 1.807) is 0 Å². The van der Waals surface area contributed by atoms with Crippen molar-refractivity contribution in [3.8, 4) is 0 Å². The molecule has 1 aromatic carbocycles. The monoisotopic (exact) mass is 324 g/mol. The molecule has 124 valence electrons. The number of benzene rings is 1. The van der Waals surface area contributed by atoms with E-state index in [0.29, 0.717) is 5.92 Å². The summed E-state index contributed by atoms with van der Waals surface area (Å²) in [6.45, 7) is 5.10. The largest absolute Gasteiger partial charge is 0.352 e. The van der Waals surface area contributed by atoms with Crippen molar-refractivity contribution in [2.24, 2.45) is 0 Å². The van der Waals surface area contributed by atoms with Crippen molar-refractivity contribution in [3.63, 3.8) is 0 Å². The molecule has 2 rings (SSSR count). The van der Waals surface area contributed by atoms with Crippen LogP contribution < -0.4 is 10.6 Å². The van der Waals surface area contributed by atoms with Crippen LogP contribution in [0.5, 0.6) is 0 Å². The number of carbonyl (C=O) groups excluding carboxylic acids is 1. The van der Waals surface area contributed by atoms with E-state index in [0.717, 1.165) is 44.5 Å². The fraction of sp³-hybridized carbons (Fsp3) is 0.611. The van der Waals surface area contributed by atoms with E-state index < -0.39 is 0 Å². The number of hydrogen-bond acceptors (Lipinski definition) is 2. The lowest BCUT2D eigenvalue weighted by molar-refractivity contribution is 0.0951. The van der Waals surface area contributed by atoms with E-state index in [1.165, 1.54) is 24.8 Å². The van der Waals surface area contributed by atoms with Gasteiger partial charge in [-0.1, -0.05) is 44.4 Å². The molecule has 0 bridgehead atoms. The van der Waals surface area contributed by atoms with Crippen LogP contribution in [0.4, 0.5) is 0 Å². The minimum Gasteiger partial charge on any atom is -0.352 e. The average Bonchev–Trinajstić information content (AvgIpc) is 2.55. The fourth-order valence-electron chi connectivity index (χ4n) is 3.04. The smallest absolute Gasteiger partial charge is 0.251 e. The molecule has 2 N–H and O–H groups in total. The van der Waals surface area contributed by atoms with Crippen LogP contribution in [0.2, 0.25) is 0 Å². The van der Waals surface area contributed by atoms with Gasteiger partial charge in [-0.2, -0.15) is 0 Å². The van der Waals surface area contributed by atoms with Crippen molar-refractivity contribution in [1.82, 2.24) is 10.6 Å². The molecule has 1 heterocycles. The molecule has 0 saturated carbocycles. The molecular formula is C18H29ClN2O. The Morgan fingerprint density at radius 3 is 2.64 bits per heavy atom. The standard InChI is InChI=1S/C18H28N2O.ClH/c1-2-3-4-7-12-20-18(21)17-9-6-5-8-16(17)15-10-13-19-14-11-15;/h5-6,8-9,15,19H,2-4,7,10-14H2,1H3,(H,20,21);1H. The van der Waals surface area contributed by atoms with E-state index in [2.05, 4.69) is 29.7 Å². The molecule has 4 heteroatoms. The van der Waals surface area contributed by atoms with E-state index in [9.17, 15) is 4.79 Å². The van der Waals surface area contributed by atoms with Crippen molar-refractivity contribution < 1.29 is 4.79 Å². The minimum atomic E-state index is 0. The highest BCUT2D eigenvalue weighted by molar-refractivity contribution is 5.95. The van der Waals surface area contributed by atoms with Crippen molar-refractivity contribution in [2.75, 3.05) is 19.6 Å². The zero-order valence-electron chi connectivity index (χ0n) is 13.6. The van der Waals surface area contributed by atoms with Crippen molar-refractivity contribution in [2.45, 2.75) is 51.4 Å². The molecule has 0 aromatic heterocycles. The Hall–Kier alpha value is -1.06. The van der Waals surface area contributed by atoms with Gasteiger partial charge in [0.2, 0.25) is 0 Å². The van der Waals surface area contributed by atoms with Crippen LogP contribution >= 0.6 is 12.4 Å². The van der Waals surface area contributed by atoms with Gasteiger partial charge >= 0.3 is 0 Å². The summed E-state index contributed by atoms with van der Waals surface area (Å²) in [5.41, 5.74) is 2.10. The average molecular weight is 325 g/mol. The first-order valence-electron chi connectivity index (χ1n) is 8.40. The minimum absolute atomic E-state index is 0. The molecule has 1 aliphatic rings. The Bertz CT molecular complexity index is 444. The molecule has 1 amide bonds. The lowest BCUT2D eigenvalue weighted by Crippen LogP contribution is -2.29. The van der Waals surface area contributed by atoms with Crippen LogP contribution in [0, 0.1) is 0 Å². The number of unbranched alkanes of at least 4 members (excludes halogenated alkanes) is 3. The first-order chi connectivity index (χ1) is 10.3. The van der Waals surface area contributed by atoms with Crippen molar-refractivity contribution >= 4 is 18.3 Å². The highest BCUT2D eigenvalue weighted by atomic mass is 35.5. The number of carbonyl (C=O) groups is 1. The van der Waals surface area contributed by atoms with Gasteiger partial charge in [-0.05, 0) is 49.9 Å². The summed E-state index contributed by atoms with van der Waals surface area (Å²) in [4.78, 5) is 12.4. The second-order valence-electron chi connectivity index (χ2n) is 5.93. The van der Waals surface area contributed by atoms with E-state index in [4.69, 9.17) is 0 Å². The lowest BCUT2D eigenvalue weighted by Gasteiger charge is -2.24. The summed E-state index contributed by atoms with van der Waals surface area (Å²) in [6, 6.07) is 8.12. The molecule has 0 atom stereocenters. The SMILES string of the molecule is CCCCCCNC(=O)c1ccccc1C1CCNCC1.Cl. The van der Waals surface area contributed by atoms with Crippen LogP contribution in [-0.4, -0.2) is 25.5 Å². The van der Waals surface area contributed by atoms with Gasteiger partial charge in [0.15, 0.2) is 0 Å². The van der Waals surface area contributed by atoms with Gasteiger partial charge < -0.3 is 10.6 Å². The molecule has 0 spiro atoms. The highest BCUT2D eigenvalue weighted by Gasteiger charge is 2.20. The summed E-state index contributed by atoms with van der Waals surface area (Å²) in [5.74, 6) is 0.619. The normalized spacial score (nSPS) is 15.1. The Morgan fingerprint density at radius 1 is 1.18 bits per heavy atom. The van der Waals surface area contributed by atoms with Crippen LogP contribution in [0.1, 0.15) is 67.3 Å². The topological polar surface area (TPSA) is 41.1 Å². The Balaban J connectivity index is 0.00000242. The quantitative estimate of drug-likeness (QED) is 0.747. The molecule has 3 nitrogen and oxygen atoms in total. The van der Waals surface area contributed by atoms with E-state index in [1.807, 2.05) is 12.1 Å². The van der Waals surface area contributed by atoms with Gasteiger partial charge in [-0.3, -0.25) is 4.79 Å². The van der Waals surface area contributed by atoms with Gasteiger partial charge in [-0.15, -0.1) is 12.4 Å². The van der Waals surface area contributed by atoms with Crippen molar-refractivity contribution in [3.05, 3.63) is 35.4 Å².